The summed E-state index contributed by atoms with van der Waals surface area (Å²) in [6.45, 7) is 4.39. The van der Waals surface area contributed by atoms with E-state index < -0.39 is 19.9 Å². The number of nitrogens with two attached hydrogens (primary N) is 1. The van der Waals surface area contributed by atoms with Gasteiger partial charge < -0.3 is 5.32 Å². The first-order chi connectivity index (χ1) is 10.4. The van der Waals surface area contributed by atoms with Crippen molar-refractivity contribution in [3.05, 3.63) is 18.2 Å². The van der Waals surface area contributed by atoms with Crippen molar-refractivity contribution in [1.82, 2.24) is 0 Å². The lowest BCUT2D eigenvalue weighted by Crippen LogP contribution is -2.32. The van der Waals surface area contributed by atoms with Crippen molar-refractivity contribution in [3.63, 3.8) is 0 Å². The lowest BCUT2D eigenvalue weighted by molar-refractivity contribution is 0.229. The minimum Gasteiger partial charge on any atom is -0.381 e. The monoisotopic (exact) mass is 360 g/mol. The van der Waals surface area contributed by atoms with Gasteiger partial charge in [-0.15, -0.1) is 0 Å². The van der Waals surface area contributed by atoms with Crippen LogP contribution in [0, 0.1) is 5.41 Å². The average molecular weight is 361 g/mol. The summed E-state index contributed by atoms with van der Waals surface area (Å²) in [6, 6.07) is 4.11. The Labute approximate surface area is 138 Å². The number of sulfonamides is 1. The number of nitrogens with one attached hydrogen (secondary N) is 1. The molecule has 1 aromatic carbocycles. The van der Waals surface area contributed by atoms with Crippen molar-refractivity contribution in [1.29, 1.82) is 0 Å². The maximum atomic E-state index is 12.0. The quantitative estimate of drug-likeness (QED) is 0.855. The molecule has 130 valence electrons. The van der Waals surface area contributed by atoms with E-state index in [4.69, 9.17) is 5.14 Å². The molecule has 0 spiro atoms. The van der Waals surface area contributed by atoms with Crippen molar-refractivity contribution in [2.75, 3.05) is 11.6 Å². The molecule has 3 N–H and O–H groups in total. The van der Waals surface area contributed by atoms with Gasteiger partial charge in [-0.25, -0.2) is 22.0 Å². The van der Waals surface area contributed by atoms with Crippen LogP contribution in [-0.2, 0) is 19.9 Å². The highest BCUT2D eigenvalue weighted by molar-refractivity contribution is 7.91. The van der Waals surface area contributed by atoms with E-state index in [0.717, 1.165) is 38.0 Å². The van der Waals surface area contributed by atoms with E-state index in [0.29, 0.717) is 5.69 Å². The minimum absolute atomic E-state index is 0.0348. The molecule has 1 unspecified atom stereocenters. The number of primary sulfonamides is 1. The predicted octanol–water partition coefficient (Wildman–Crippen LogP) is 2.12. The first-order valence-electron chi connectivity index (χ1n) is 7.52. The third kappa shape index (κ3) is 4.68. The zero-order valence-corrected chi connectivity index (χ0v) is 15.3. The van der Waals surface area contributed by atoms with Crippen LogP contribution < -0.4 is 10.5 Å². The fourth-order valence-corrected chi connectivity index (χ4v) is 4.63. The van der Waals surface area contributed by atoms with Gasteiger partial charge in [0.05, 0.1) is 15.5 Å². The Morgan fingerprint density at radius 2 is 1.87 bits per heavy atom. The molecular formula is C15H24N2O4S2. The van der Waals surface area contributed by atoms with Gasteiger partial charge in [0.15, 0.2) is 9.84 Å². The average Bonchev–Trinajstić information content (AvgIpc) is 2.35. The van der Waals surface area contributed by atoms with Crippen molar-refractivity contribution in [2.24, 2.45) is 10.6 Å². The molecule has 1 aliphatic carbocycles. The molecule has 8 heteroatoms. The number of benzene rings is 1. The SMILES string of the molecule is CC1(C)CCCC(Nc2ccc(S(N)(=O)=O)cc2S(C)(=O)=O)C1. The Balaban J connectivity index is 2.39. The van der Waals surface area contributed by atoms with Crippen LogP contribution >= 0.6 is 0 Å². The summed E-state index contributed by atoms with van der Waals surface area (Å²) in [5.74, 6) is 0. The van der Waals surface area contributed by atoms with Gasteiger partial charge in [-0.3, -0.25) is 0 Å². The standard InChI is InChI=1S/C15H24N2O4S2/c1-15(2)8-4-5-11(10-15)17-13-7-6-12(23(16,20)21)9-14(13)22(3,18)19/h6-7,9,11,17H,4-5,8,10H2,1-3H3,(H2,16,20,21). The van der Waals surface area contributed by atoms with Crippen LogP contribution in [0.25, 0.3) is 0 Å². The van der Waals surface area contributed by atoms with Crippen LogP contribution in [0.4, 0.5) is 5.69 Å². The van der Waals surface area contributed by atoms with Gasteiger partial charge in [0.25, 0.3) is 0 Å². The third-order valence-corrected chi connectivity index (χ3v) is 6.29. The van der Waals surface area contributed by atoms with Crippen LogP contribution in [0.15, 0.2) is 28.0 Å². The predicted molar refractivity (Wildman–Crippen MR) is 90.6 cm³/mol. The smallest absolute Gasteiger partial charge is 0.238 e. The number of rotatable bonds is 4. The van der Waals surface area contributed by atoms with Crippen LogP contribution in [0.1, 0.15) is 39.5 Å². The molecule has 0 amide bonds. The normalized spacial score (nSPS) is 21.8. The van der Waals surface area contributed by atoms with E-state index in [9.17, 15) is 16.8 Å². The van der Waals surface area contributed by atoms with Crippen molar-refractivity contribution < 1.29 is 16.8 Å². The largest absolute Gasteiger partial charge is 0.381 e. The van der Waals surface area contributed by atoms with Gasteiger partial charge in [0.1, 0.15) is 0 Å². The second-order valence-corrected chi connectivity index (χ2v) is 10.6. The van der Waals surface area contributed by atoms with Crippen LogP contribution in [-0.4, -0.2) is 29.1 Å². The molecule has 1 saturated carbocycles. The van der Waals surface area contributed by atoms with E-state index >= 15 is 0 Å². The Kier molecular flexibility index (Phi) is 4.81. The molecule has 1 atom stereocenters. The zero-order valence-electron chi connectivity index (χ0n) is 13.7. The summed E-state index contributed by atoms with van der Waals surface area (Å²) < 4.78 is 47.0. The summed E-state index contributed by atoms with van der Waals surface area (Å²) in [6.07, 6.45) is 5.19. The zero-order chi connectivity index (χ0) is 17.5. The van der Waals surface area contributed by atoms with E-state index in [1.165, 1.54) is 12.1 Å². The number of anilines is 1. The molecule has 0 bridgehead atoms. The second-order valence-electron chi connectivity index (χ2n) is 7.08. The lowest BCUT2D eigenvalue weighted by Gasteiger charge is -2.36. The molecule has 0 heterocycles. The second kappa shape index (κ2) is 6.07. The van der Waals surface area contributed by atoms with Crippen molar-refractivity contribution >= 4 is 25.5 Å². The van der Waals surface area contributed by atoms with Gasteiger partial charge in [-0.2, -0.15) is 0 Å². The first kappa shape index (κ1) is 18.2. The fraction of sp³-hybridized carbons (Fsp3) is 0.600. The maximum Gasteiger partial charge on any atom is 0.238 e. The first-order valence-corrected chi connectivity index (χ1v) is 11.0. The Bertz CT molecular complexity index is 799. The van der Waals surface area contributed by atoms with E-state index in [2.05, 4.69) is 19.2 Å². The molecule has 23 heavy (non-hydrogen) atoms. The molecule has 0 aromatic heterocycles. The van der Waals surface area contributed by atoms with Crippen LogP contribution in [0.3, 0.4) is 0 Å². The molecule has 1 aliphatic rings. The van der Waals surface area contributed by atoms with Crippen molar-refractivity contribution in [3.8, 4) is 0 Å². The molecule has 0 radical (unpaired) electrons. The minimum atomic E-state index is -3.95. The lowest BCUT2D eigenvalue weighted by atomic mass is 9.75. The molecule has 0 saturated heterocycles. The van der Waals surface area contributed by atoms with Gasteiger partial charge in [0, 0.05) is 12.3 Å². The van der Waals surface area contributed by atoms with E-state index in [1.807, 2.05) is 0 Å². The molecule has 1 fully saturated rings. The Hall–Kier alpha value is -1.12. The number of sulfone groups is 1. The highest BCUT2D eigenvalue weighted by Gasteiger charge is 2.29. The molecule has 6 nitrogen and oxygen atoms in total. The molecule has 1 aromatic rings. The Morgan fingerprint density at radius 3 is 2.39 bits per heavy atom. The van der Waals surface area contributed by atoms with Gasteiger partial charge in [-0.1, -0.05) is 20.3 Å². The van der Waals surface area contributed by atoms with Gasteiger partial charge >= 0.3 is 0 Å². The topological polar surface area (TPSA) is 106 Å². The van der Waals surface area contributed by atoms with Crippen LogP contribution in [0.2, 0.25) is 0 Å². The fourth-order valence-electron chi connectivity index (χ4n) is 3.15. The number of hydrogen-bond acceptors (Lipinski definition) is 5. The summed E-state index contributed by atoms with van der Waals surface area (Å²) in [5.41, 5.74) is 0.643. The number of hydrogen-bond donors (Lipinski definition) is 2. The summed E-state index contributed by atoms with van der Waals surface area (Å²) in [4.78, 5) is -0.236. The Morgan fingerprint density at radius 1 is 1.22 bits per heavy atom. The highest BCUT2D eigenvalue weighted by atomic mass is 32.2. The van der Waals surface area contributed by atoms with E-state index in [1.54, 1.807) is 0 Å². The summed E-state index contributed by atoms with van der Waals surface area (Å²) in [5, 5.41) is 8.37. The van der Waals surface area contributed by atoms with Crippen LogP contribution in [0.5, 0.6) is 0 Å². The molecular weight excluding hydrogens is 336 g/mol. The molecule has 0 aliphatic heterocycles. The highest BCUT2D eigenvalue weighted by Crippen LogP contribution is 2.37. The van der Waals surface area contributed by atoms with Gasteiger partial charge in [-0.05, 0) is 42.9 Å². The van der Waals surface area contributed by atoms with Gasteiger partial charge in [0.2, 0.25) is 10.0 Å². The summed E-state index contributed by atoms with van der Waals surface area (Å²) >= 11 is 0. The third-order valence-electron chi connectivity index (χ3n) is 4.25. The van der Waals surface area contributed by atoms with Crippen molar-refractivity contribution in [2.45, 2.75) is 55.4 Å². The van der Waals surface area contributed by atoms with E-state index in [-0.39, 0.29) is 21.2 Å². The molecule has 2 rings (SSSR count). The summed E-state index contributed by atoms with van der Waals surface area (Å²) in [7, 11) is -7.52. The maximum absolute atomic E-state index is 12.0.